The van der Waals surface area contributed by atoms with E-state index in [1.54, 1.807) is 18.2 Å². The fourth-order valence-corrected chi connectivity index (χ4v) is 3.69. The number of hydrazine groups is 1. The SMILES string of the molecule is NNC(c1cccc(Cl)c1F)C1CCOC2(CCC2)C1. The maximum atomic E-state index is 14.2. The molecule has 0 amide bonds. The van der Waals surface area contributed by atoms with Crippen molar-refractivity contribution in [1.29, 1.82) is 0 Å². The lowest BCUT2D eigenvalue weighted by Crippen LogP contribution is -2.48. The molecule has 110 valence electrons. The van der Waals surface area contributed by atoms with Gasteiger partial charge in [0.1, 0.15) is 5.82 Å². The highest BCUT2D eigenvalue weighted by molar-refractivity contribution is 6.30. The van der Waals surface area contributed by atoms with E-state index in [1.807, 2.05) is 0 Å². The Morgan fingerprint density at radius 1 is 1.45 bits per heavy atom. The third-order valence-electron chi connectivity index (χ3n) is 4.76. The van der Waals surface area contributed by atoms with Gasteiger partial charge < -0.3 is 4.74 Å². The van der Waals surface area contributed by atoms with Crippen molar-refractivity contribution in [3.05, 3.63) is 34.6 Å². The van der Waals surface area contributed by atoms with Crippen LogP contribution >= 0.6 is 11.6 Å². The fourth-order valence-electron chi connectivity index (χ4n) is 3.51. The normalized spacial score (nSPS) is 26.2. The molecule has 1 aliphatic carbocycles. The zero-order valence-electron chi connectivity index (χ0n) is 11.4. The molecular weight excluding hydrogens is 279 g/mol. The van der Waals surface area contributed by atoms with Crippen LogP contribution in [0.1, 0.15) is 43.7 Å². The van der Waals surface area contributed by atoms with Gasteiger partial charge in [-0.2, -0.15) is 0 Å². The monoisotopic (exact) mass is 298 g/mol. The van der Waals surface area contributed by atoms with Crippen molar-refractivity contribution in [2.75, 3.05) is 6.61 Å². The second kappa shape index (κ2) is 5.60. The first-order valence-corrected chi connectivity index (χ1v) is 7.57. The zero-order valence-corrected chi connectivity index (χ0v) is 12.1. The maximum absolute atomic E-state index is 14.2. The number of nitrogens with one attached hydrogen (secondary N) is 1. The number of benzene rings is 1. The van der Waals surface area contributed by atoms with Gasteiger partial charge >= 0.3 is 0 Å². The molecule has 1 saturated carbocycles. The van der Waals surface area contributed by atoms with Crippen molar-refractivity contribution in [1.82, 2.24) is 5.43 Å². The molecule has 1 aliphatic heterocycles. The predicted molar refractivity (Wildman–Crippen MR) is 76.7 cm³/mol. The molecule has 3 rings (SSSR count). The van der Waals surface area contributed by atoms with E-state index in [0.717, 1.165) is 32.3 Å². The van der Waals surface area contributed by atoms with Crippen LogP contribution in [0, 0.1) is 11.7 Å². The van der Waals surface area contributed by atoms with Gasteiger partial charge in [-0.25, -0.2) is 4.39 Å². The molecule has 2 aliphatic rings. The lowest BCUT2D eigenvalue weighted by atomic mass is 9.69. The summed E-state index contributed by atoms with van der Waals surface area (Å²) < 4.78 is 20.2. The van der Waals surface area contributed by atoms with E-state index in [9.17, 15) is 4.39 Å². The predicted octanol–water partition coefficient (Wildman–Crippen LogP) is 3.33. The van der Waals surface area contributed by atoms with E-state index in [2.05, 4.69) is 5.43 Å². The van der Waals surface area contributed by atoms with Crippen LogP contribution in [0.3, 0.4) is 0 Å². The van der Waals surface area contributed by atoms with Gasteiger partial charge in [-0.3, -0.25) is 11.3 Å². The van der Waals surface area contributed by atoms with E-state index >= 15 is 0 Å². The standard InChI is InChI=1S/C15H20ClFN2O/c16-12-4-1-3-11(13(12)17)14(19-18)10-5-8-20-15(9-10)6-2-7-15/h1,3-4,10,14,19H,2,5-9,18H2. The number of halogens is 2. The highest BCUT2D eigenvalue weighted by atomic mass is 35.5. The van der Waals surface area contributed by atoms with E-state index in [-0.39, 0.29) is 28.4 Å². The Kier molecular flexibility index (Phi) is 4.00. The molecule has 3 nitrogen and oxygen atoms in total. The topological polar surface area (TPSA) is 47.3 Å². The van der Waals surface area contributed by atoms with E-state index < -0.39 is 0 Å². The summed E-state index contributed by atoms with van der Waals surface area (Å²) in [5, 5.41) is 0.146. The highest BCUT2D eigenvalue weighted by Gasteiger charge is 2.44. The molecule has 20 heavy (non-hydrogen) atoms. The minimum absolute atomic E-state index is 0.0209. The molecule has 5 heteroatoms. The van der Waals surface area contributed by atoms with Crippen molar-refractivity contribution in [3.8, 4) is 0 Å². The van der Waals surface area contributed by atoms with Crippen molar-refractivity contribution in [2.45, 2.75) is 43.7 Å². The number of ether oxygens (including phenoxy) is 1. The van der Waals surface area contributed by atoms with Gasteiger partial charge in [0.05, 0.1) is 16.7 Å². The quantitative estimate of drug-likeness (QED) is 0.665. The van der Waals surface area contributed by atoms with Crippen LogP contribution in [0.4, 0.5) is 4.39 Å². The van der Waals surface area contributed by atoms with Crippen LogP contribution < -0.4 is 11.3 Å². The van der Waals surface area contributed by atoms with Crippen molar-refractivity contribution in [3.63, 3.8) is 0 Å². The average Bonchev–Trinajstić information content (AvgIpc) is 2.43. The molecular formula is C15H20ClFN2O. The summed E-state index contributed by atoms with van der Waals surface area (Å²) in [6.45, 7) is 0.727. The third kappa shape index (κ3) is 2.46. The van der Waals surface area contributed by atoms with Gasteiger partial charge in [0.2, 0.25) is 0 Å². The zero-order chi connectivity index (χ0) is 14.2. The van der Waals surface area contributed by atoms with Gasteiger partial charge in [-0.05, 0) is 44.1 Å². The minimum Gasteiger partial charge on any atom is -0.375 e. The summed E-state index contributed by atoms with van der Waals surface area (Å²) >= 11 is 5.88. The summed E-state index contributed by atoms with van der Waals surface area (Å²) in [4.78, 5) is 0. The van der Waals surface area contributed by atoms with E-state index in [4.69, 9.17) is 22.2 Å². The molecule has 2 unspecified atom stereocenters. The molecule has 0 aromatic heterocycles. The molecule has 1 spiro atoms. The maximum Gasteiger partial charge on any atom is 0.146 e. The molecule has 2 fully saturated rings. The van der Waals surface area contributed by atoms with Gasteiger partial charge in [-0.15, -0.1) is 0 Å². The minimum atomic E-state index is -0.369. The van der Waals surface area contributed by atoms with Crippen LogP contribution in [0.2, 0.25) is 5.02 Å². The Balaban J connectivity index is 1.84. The Bertz CT molecular complexity index is 493. The lowest BCUT2D eigenvalue weighted by Gasteiger charge is -2.48. The second-order valence-corrected chi connectivity index (χ2v) is 6.33. The first-order valence-electron chi connectivity index (χ1n) is 7.19. The number of hydrogen-bond donors (Lipinski definition) is 2. The van der Waals surface area contributed by atoms with Crippen molar-refractivity contribution >= 4 is 11.6 Å². The summed E-state index contributed by atoms with van der Waals surface area (Å²) in [5.41, 5.74) is 3.37. The molecule has 2 atom stereocenters. The Morgan fingerprint density at radius 3 is 2.90 bits per heavy atom. The Morgan fingerprint density at radius 2 is 2.25 bits per heavy atom. The molecule has 3 N–H and O–H groups in total. The van der Waals surface area contributed by atoms with Crippen LogP contribution in [-0.4, -0.2) is 12.2 Å². The van der Waals surface area contributed by atoms with Gasteiger partial charge in [0.25, 0.3) is 0 Å². The van der Waals surface area contributed by atoms with Crippen molar-refractivity contribution in [2.24, 2.45) is 11.8 Å². The van der Waals surface area contributed by atoms with Crippen LogP contribution in [-0.2, 0) is 4.74 Å². The average molecular weight is 299 g/mol. The molecule has 0 radical (unpaired) electrons. The molecule has 1 aromatic rings. The number of hydrogen-bond acceptors (Lipinski definition) is 3. The smallest absolute Gasteiger partial charge is 0.146 e. The number of rotatable bonds is 3. The van der Waals surface area contributed by atoms with E-state index in [0.29, 0.717) is 5.56 Å². The molecule has 1 aromatic carbocycles. The van der Waals surface area contributed by atoms with Crippen molar-refractivity contribution < 1.29 is 9.13 Å². The highest BCUT2D eigenvalue weighted by Crippen LogP contribution is 2.47. The molecule has 1 heterocycles. The third-order valence-corrected chi connectivity index (χ3v) is 5.06. The lowest BCUT2D eigenvalue weighted by molar-refractivity contribution is -0.147. The van der Waals surface area contributed by atoms with Crippen LogP contribution in [0.15, 0.2) is 18.2 Å². The molecule has 1 saturated heterocycles. The summed E-state index contributed by atoms with van der Waals surface area (Å²) in [7, 11) is 0. The van der Waals surface area contributed by atoms with Gasteiger partial charge in [-0.1, -0.05) is 23.7 Å². The number of nitrogens with two attached hydrogens (primary N) is 1. The van der Waals surface area contributed by atoms with Gasteiger partial charge in [0.15, 0.2) is 0 Å². The summed E-state index contributed by atoms with van der Waals surface area (Å²) in [6, 6.07) is 4.87. The van der Waals surface area contributed by atoms with Gasteiger partial charge in [0, 0.05) is 12.2 Å². The summed E-state index contributed by atoms with van der Waals surface area (Å²) in [6.07, 6.45) is 5.27. The first kappa shape index (κ1) is 14.3. The second-order valence-electron chi connectivity index (χ2n) is 5.93. The fraction of sp³-hybridized carbons (Fsp3) is 0.600. The van der Waals surface area contributed by atoms with Crippen LogP contribution in [0.5, 0.6) is 0 Å². The van der Waals surface area contributed by atoms with E-state index in [1.165, 1.54) is 6.42 Å². The van der Waals surface area contributed by atoms with Crippen LogP contribution in [0.25, 0.3) is 0 Å². The first-order chi connectivity index (χ1) is 9.65. The Labute approximate surface area is 123 Å². The summed E-state index contributed by atoms with van der Waals surface area (Å²) in [5.74, 6) is 5.61. The Hall–Kier alpha value is -0.680. The molecule has 0 bridgehead atoms. The largest absolute Gasteiger partial charge is 0.375 e.